The standard InChI is InChI=1S/C9H10NO2.Al/c10-8(9(11)12)6-7-4-2-1-3-5-7;/h1-5,8,10H,6H2,(H,11,12);/q-1;+2/p-1/t8-;/m1./s1. The Morgan fingerprint density at radius 1 is 1.38 bits per heavy atom. The van der Waals surface area contributed by atoms with Crippen LogP contribution in [0.1, 0.15) is 5.56 Å². The highest BCUT2D eigenvalue weighted by Gasteiger charge is 2.27. The van der Waals surface area contributed by atoms with E-state index in [1.807, 2.05) is 30.3 Å². The molecule has 0 unspecified atom stereocenters. The molecule has 3 nitrogen and oxygen atoms in total. The van der Waals surface area contributed by atoms with Crippen molar-refractivity contribution in [3.05, 3.63) is 35.9 Å². The Balaban J connectivity index is 2.02. The molecule has 1 saturated heterocycles. The second-order valence-electron chi connectivity index (χ2n) is 2.96. The van der Waals surface area contributed by atoms with Crippen molar-refractivity contribution in [2.75, 3.05) is 0 Å². The fourth-order valence-corrected chi connectivity index (χ4v) is 2.08. The Labute approximate surface area is 83.4 Å². The minimum Gasteiger partial charge on any atom is -0.608 e. The zero-order valence-electron chi connectivity index (χ0n) is 7.07. The van der Waals surface area contributed by atoms with Crippen LogP contribution in [0, 0.1) is 0 Å². The molecule has 1 N–H and O–H groups in total. The summed E-state index contributed by atoms with van der Waals surface area (Å²) in [5.74, 6) is -0.112. The predicted molar refractivity (Wildman–Crippen MR) is 48.9 cm³/mol. The third-order valence-electron chi connectivity index (χ3n) is 2.01. The minimum absolute atomic E-state index is 0.112. The summed E-state index contributed by atoms with van der Waals surface area (Å²) >= 11 is -0.323. The molecule has 1 atom stereocenters. The van der Waals surface area contributed by atoms with Gasteiger partial charge in [0.25, 0.3) is 5.97 Å². The van der Waals surface area contributed by atoms with Crippen molar-refractivity contribution < 1.29 is 8.58 Å². The maximum absolute atomic E-state index is 11.1. The molecule has 1 aliphatic heterocycles. The van der Waals surface area contributed by atoms with Crippen LogP contribution >= 0.6 is 0 Å². The molecule has 1 radical (unpaired) electrons. The Morgan fingerprint density at radius 2 is 2.15 bits per heavy atom. The Bertz CT molecular complexity index is 302. The molecule has 0 saturated carbocycles. The number of rotatable bonds is 2. The summed E-state index contributed by atoms with van der Waals surface area (Å²) in [6, 6.07) is 9.82. The predicted octanol–water partition coefficient (Wildman–Crippen LogP) is 0.278. The summed E-state index contributed by atoms with van der Waals surface area (Å²) < 4.78 is 7.94. The Morgan fingerprint density at radius 3 is 2.77 bits per heavy atom. The fraction of sp³-hybridized carbons (Fsp3) is 0.222. The average Bonchev–Trinajstić information content (AvgIpc) is 2.54. The van der Waals surface area contributed by atoms with Crippen molar-refractivity contribution in [1.29, 1.82) is 0 Å². The van der Waals surface area contributed by atoms with Gasteiger partial charge in [-0.15, -0.1) is 0 Å². The van der Waals surface area contributed by atoms with Gasteiger partial charge in [0.05, 0.1) is 6.04 Å². The van der Waals surface area contributed by atoms with Gasteiger partial charge in [-0.25, -0.2) is 0 Å². The first-order valence-corrected chi connectivity index (χ1v) is 5.23. The van der Waals surface area contributed by atoms with Crippen LogP contribution in [0.15, 0.2) is 30.3 Å². The topological polar surface area (TPSA) is 38.3 Å². The van der Waals surface area contributed by atoms with Gasteiger partial charge in [0, 0.05) is 0 Å². The Kier molecular flexibility index (Phi) is 2.65. The Hall–Kier alpha value is -0.818. The zero-order valence-corrected chi connectivity index (χ0v) is 8.22. The summed E-state index contributed by atoms with van der Waals surface area (Å²) in [5.41, 5.74) is 1.17. The smallest absolute Gasteiger partial charge is 0.608 e. The molecular formula is C9H9AlNO2. The molecule has 1 aliphatic rings. The second kappa shape index (κ2) is 3.93. The molecule has 1 heterocycles. The number of hydrogen-bond acceptors (Lipinski definition) is 3. The molecule has 0 bridgehead atoms. The molecule has 4 heteroatoms. The van der Waals surface area contributed by atoms with Crippen molar-refractivity contribution >= 4 is 21.7 Å². The summed E-state index contributed by atoms with van der Waals surface area (Å²) in [6.07, 6.45) is 0.729. The third-order valence-corrected chi connectivity index (χ3v) is 2.90. The molecule has 1 fully saturated rings. The molecule has 13 heavy (non-hydrogen) atoms. The SMILES string of the molecule is O=C1[O][Al][NH][C@@H]1Cc1ccccc1. The number of carbonyl (C=O) groups is 1. The normalized spacial score (nSPS) is 20.9. The maximum atomic E-state index is 11.1. The lowest BCUT2D eigenvalue weighted by atomic mass is 10.1. The summed E-state index contributed by atoms with van der Waals surface area (Å²) in [5, 5.41) is 0. The van der Waals surface area contributed by atoms with Gasteiger partial charge in [-0.2, -0.15) is 0 Å². The van der Waals surface area contributed by atoms with Crippen molar-refractivity contribution in [3.63, 3.8) is 0 Å². The van der Waals surface area contributed by atoms with Crippen LogP contribution in [-0.4, -0.2) is 27.8 Å². The molecular weight excluding hydrogens is 181 g/mol. The zero-order chi connectivity index (χ0) is 9.10. The highest BCUT2D eigenvalue weighted by atomic mass is 27.1. The van der Waals surface area contributed by atoms with Gasteiger partial charge in [-0.1, -0.05) is 30.3 Å². The van der Waals surface area contributed by atoms with Crippen LogP contribution < -0.4 is 4.30 Å². The quantitative estimate of drug-likeness (QED) is 0.680. The molecule has 0 aliphatic carbocycles. The average molecular weight is 190 g/mol. The van der Waals surface area contributed by atoms with E-state index in [9.17, 15) is 4.79 Å². The van der Waals surface area contributed by atoms with Crippen molar-refractivity contribution in [1.82, 2.24) is 4.30 Å². The summed E-state index contributed by atoms with van der Waals surface area (Å²) in [6.45, 7) is 0. The van der Waals surface area contributed by atoms with E-state index in [0.29, 0.717) is 0 Å². The number of hydrogen-bond donors (Lipinski definition) is 1. The van der Waals surface area contributed by atoms with Crippen LogP contribution in [0.2, 0.25) is 0 Å². The first kappa shape index (κ1) is 8.77. The van der Waals surface area contributed by atoms with Crippen LogP contribution in [-0.2, 0) is 15.0 Å². The largest absolute Gasteiger partial charge is 0.663 e. The molecule has 65 valence electrons. The number of benzene rings is 1. The molecule has 1 aromatic carbocycles. The van der Waals surface area contributed by atoms with Gasteiger partial charge >= 0.3 is 15.8 Å². The van der Waals surface area contributed by atoms with E-state index >= 15 is 0 Å². The molecule has 2 rings (SSSR count). The van der Waals surface area contributed by atoms with Crippen LogP contribution in [0.5, 0.6) is 0 Å². The van der Waals surface area contributed by atoms with E-state index in [1.165, 1.54) is 5.56 Å². The van der Waals surface area contributed by atoms with Crippen molar-refractivity contribution in [2.24, 2.45) is 0 Å². The van der Waals surface area contributed by atoms with Gasteiger partial charge in [-0.3, -0.25) is 4.79 Å². The highest BCUT2D eigenvalue weighted by Crippen LogP contribution is 2.06. The fourth-order valence-electron chi connectivity index (χ4n) is 1.32. The third kappa shape index (κ3) is 2.10. The lowest BCUT2D eigenvalue weighted by Crippen LogP contribution is -2.30. The summed E-state index contributed by atoms with van der Waals surface area (Å²) in [4.78, 5) is 11.1. The first-order valence-electron chi connectivity index (χ1n) is 4.18. The van der Waals surface area contributed by atoms with E-state index in [-0.39, 0.29) is 27.8 Å². The van der Waals surface area contributed by atoms with Gasteiger partial charge in [0.15, 0.2) is 0 Å². The van der Waals surface area contributed by atoms with E-state index in [1.54, 1.807) is 0 Å². The maximum Gasteiger partial charge on any atom is 0.663 e. The molecule has 0 amide bonds. The molecule has 0 aromatic heterocycles. The molecule has 1 aromatic rings. The van der Waals surface area contributed by atoms with E-state index in [4.69, 9.17) is 3.79 Å². The number of carbonyl (C=O) groups excluding carboxylic acids is 1. The minimum atomic E-state index is -0.323. The van der Waals surface area contributed by atoms with Gasteiger partial charge < -0.3 is 8.09 Å². The van der Waals surface area contributed by atoms with Crippen LogP contribution in [0.3, 0.4) is 0 Å². The van der Waals surface area contributed by atoms with Crippen LogP contribution in [0.4, 0.5) is 0 Å². The highest BCUT2D eigenvalue weighted by molar-refractivity contribution is 6.31. The molecule has 0 spiro atoms. The monoisotopic (exact) mass is 190 g/mol. The van der Waals surface area contributed by atoms with Gasteiger partial charge in [0.1, 0.15) is 0 Å². The van der Waals surface area contributed by atoms with Crippen LogP contribution in [0.25, 0.3) is 0 Å². The van der Waals surface area contributed by atoms with E-state index < -0.39 is 0 Å². The first-order chi connectivity index (χ1) is 6.36. The van der Waals surface area contributed by atoms with Gasteiger partial charge in [-0.05, 0) is 12.0 Å². The summed E-state index contributed by atoms with van der Waals surface area (Å²) in [7, 11) is 0. The van der Waals surface area contributed by atoms with E-state index in [0.717, 1.165) is 6.42 Å². The van der Waals surface area contributed by atoms with Crippen molar-refractivity contribution in [3.8, 4) is 0 Å². The van der Waals surface area contributed by atoms with Gasteiger partial charge in [0.2, 0.25) is 0 Å². The van der Waals surface area contributed by atoms with E-state index in [2.05, 4.69) is 4.30 Å². The second-order valence-corrected chi connectivity index (χ2v) is 3.77. The lowest BCUT2D eigenvalue weighted by Gasteiger charge is -2.07. The number of nitrogens with one attached hydrogen (secondary N) is 1. The lowest BCUT2D eigenvalue weighted by molar-refractivity contribution is -0.133. The van der Waals surface area contributed by atoms with Crippen molar-refractivity contribution in [2.45, 2.75) is 12.5 Å².